The average molecular weight is 375 g/mol. The second-order valence-electron chi connectivity index (χ2n) is 6.72. The minimum absolute atomic E-state index is 0.990. The topological polar surface area (TPSA) is 61.6 Å². The van der Waals surface area contributed by atoms with E-state index in [0.29, 0.717) is 0 Å². The molecular formula is C16H32F3NO3S. The number of likely N-dealkylation sites (tertiary alicyclic amines) is 1. The van der Waals surface area contributed by atoms with E-state index >= 15 is 0 Å². The Bertz CT molecular complexity index is 413. The molecule has 0 spiro atoms. The number of alkyl halides is 3. The highest BCUT2D eigenvalue weighted by atomic mass is 32.2. The Morgan fingerprint density at radius 3 is 1.88 bits per heavy atom. The zero-order chi connectivity index (χ0) is 18.6. The summed E-state index contributed by atoms with van der Waals surface area (Å²) < 4.78 is 58.9. The number of halogens is 3. The lowest BCUT2D eigenvalue weighted by Gasteiger charge is -2.12. The van der Waals surface area contributed by atoms with Crippen molar-refractivity contribution in [2.24, 2.45) is 5.92 Å². The molecule has 4 nitrogen and oxygen atoms in total. The number of unbranched alkanes of at least 4 members (excludes halogenated alkanes) is 7. The van der Waals surface area contributed by atoms with E-state index in [9.17, 15) is 13.2 Å². The molecule has 24 heavy (non-hydrogen) atoms. The molecule has 0 radical (unpaired) electrons. The summed E-state index contributed by atoms with van der Waals surface area (Å²) in [6.45, 7) is 9.02. The van der Waals surface area contributed by atoms with E-state index in [2.05, 4.69) is 13.8 Å². The standard InChI is InChI=1S/C15H31N.CHF3O3S/c1-3-4-5-6-7-8-9-10-12-16-13-11-15(2)14-16;2-1(3,4)8(5,6)7/h15H,3-14H2,1-2H3;(H,5,6,7). The Balaban J connectivity index is 0.000000561. The molecule has 1 saturated heterocycles. The fourth-order valence-electron chi connectivity index (χ4n) is 2.88. The molecule has 146 valence electrons. The largest absolute Gasteiger partial charge is 0.741 e. The van der Waals surface area contributed by atoms with Gasteiger partial charge in [-0.3, -0.25) is 0 Å². The van der Waals surface area contributed by atoms with Gasteiger partial charge in [0.15, 0.2) is 10.1 Å². The van der Waals surface area contributed by atoms with Crippen molar-refractivity contribution in [2.75, 3.05) is 19.6 Å². The van der Waals surface area contributed by atoms with Crippen LogP contribution < -0.4 is 4.90 Å². The lowest BCUT2D eigenvalue weighted by Crippen LogP contribution is -3.10. The highest BCUT2D eigenvalue weighted by molar-refractivity contribution is 7.86. The number of hydrogen-bond donors (Lipinski definition) is 1. The number of hydrogen-bond acceptors (Lipinski definition) is 3. The van der Waals surface area contributed by atoms with Crippen LogP contribution in [0.1, 0.15) is 71.6 Å². The first-order chi connectivity index (χ1) is 11.1. The zero-order valence-corrected chi connectivity index (χ0v) is 15.6. The Morgan fingerprint density at radius 1 is 1.04 bits per heavy atom. The third kappa shape index (κ3) is 12.1. The monoisotopic (exact) mass is 375 g/mol. The highest BCUT2D eigenvalue weighted by Gasteiger charge is 2.36. The van der Waals surface area contributed by atoms with Crippen LogP contribution in [-0.2, 0) is 10.1 Å². The van der Waals surface area contributed by atoms with Crippen LogP contribution in [0.5, 0.6) is 0 Å². The van der Waals surface area contributed by atoms with E-state index in [1.807, 2.05) is 4.90 Å². The van der Waals surface area contributed by atoms with Gasteiger partial charge in [-0.1, -0.05) is 52.4 Å². The van der Waals surface area contributed by atoms with Gasteiger partial charge in [0.2, 0.25) is 0 Å². The maximum atomic E-state index is 10.7. The van der Waals surface area contributed by atoms with Crippen molar-refractivity contribution in [1.29, 1.82) is 0 Å². The minimum Gasteiger partial charge on any atom is -0.741 e. The summed E-state index contributed by atoms with van der Waals surface area (Å²) in [7, 11) is -6.09. The van der Waals surface area contributed by atoms with Gasteiger partial charge in [0.1, 0.15) is 0 Å². The third-order valence-corrected chi connectivity index (χ3v) is 4.86. The average Bonchev–Trinajstić information content (AvgIpc) is 2.86. The molecule has 1 aliphatic rings. The van der Waals surface area contributed by atoms with Crippen molar-refractivity contribution in [2.45, 2.75) is 77.1 Å². The van der Waals surface area contributed by atoms with Crippen LogP contribution in [-0.4, -0.2) is 38.1 Å². The van der Waals surface area contributed by atoms with E-state index in [1.165, 1.54) is 77.4 Å². The third-order valence-electron chi connectivity index (χ3n) is 4.30. The van der Waals surface area contributed by atoms with Gasteiger partial charge >= 0.3 is 5.51 Å². The Morgan fingerprint density at radius 2 is 1.50 bits per heavy atom. The molecule has 1 fully saturated rings. The molecule has 0 saturated carbocycles. The predicted molar refractivity (Wildman–Crippen MR) is 87.7 cm³/mol. The summed E-state index contributed by atoms with van der Waals surface area (Å²) in [4.78, 5) is 1.87. The SMILES string of the molecule is CCCCCCCCCC[NH+]1CCC(C)C1.O=S(=O)([O-])C(F)(F)F. The van der Waals surface area contributed by atoms with E-state index in [0.717, 1.165) is 5.92 Å². The smallest absolute Gasteiger partial charge is 0.485 e. The fraction of sp³-hybridized carbons (Fsp3) is 1.00. The van der Waals surface area contributed by atoms with E-state index in [4.69, 9.17) is 13.0 Å². The first kappa shape index (κ1) is 23.7. The first-order valence-electron chi connectivity index (χ1n) is 8.93. The zero-order valence-electron chi connectivity index (χ0n) is 14.8. The van der Waals surface area contributed by atoms with Crippen molar-refractivity contribution in [3.8, 4) is 0 Å². The molecule has 0 aromatic heterocycles. The minimum atomic E-state index is -6.09. The van der Waals surface area contributed by atoms with Gasteiger partial charge < -0.3 is 9.45 Å². The lowest BCUT2D eigenvalue weighted by molar-refractivity contribution is -0.889. The van der Waals surface area contributed by atoms with Gasteiger partial charge in [0.25, 0.3) is 0 Å². The molecule has 1 N–H and O–H groups in total. The van der Waals surface area contributed by atoms with Crippen LogP contribution in [0, 0.1) is 5.92 Å². The van der Waals surface area contributed by atoms with Gasteiger partial charge in [0.05, 0.1) is 19.6 Å². The summed E-state index contributed by atoms with van der Waals surface area (Å²) in [6, 6.07) is 0. The lowest BCUT2D eigenvalue weighted by atomic mass is 10.1. The van der Waals surface area contributed by atoms with Crippen LogP contribution in [0.4, 0.5) is 13.2 Å². The number of nitrogens with one attached hydrogen (secondary N) is 1. The Labute approximate surface area is 144 Å². The van der Waals surface area contributed by atoms with Gasteiger partial charge in [-0.15, -0.1) is 0 Å². The normalized spacial score (nSPS) is 21.4. The van der Waals surface area contributed by atoms with E-state index in [1.54, 1.807) is 0 Å². The molecule has 1 rings (SSSR count). The van der Waals surface area contributed by atoms with Crippen LogP contribution >= 0.6 is 0 Å². The second kappa shape index (κ2) is 12.1. The fourth-order valence-corrected chi connectivity index (χ4v) is 2.88. The predicted octanol–water partition coefficient (Wildman–Crippen LogP) is 3.10. The highest BCUT2D eigenvalue weighted by Crippen LogP contribution is 2.20. The summed E-state index contributed by atoms with van der Waals surface area (Å²) in [6.07, 6.45) is 13.1. The molecule has 0 aliphatic carbocycles. The van der Waals surface area contributed by atoms with Gasteiger partial charge in [-0.2, -0.15) is 13.2 Å². The van der Waals surface area contributed by atoms with Gasteiger partial charge in [-0.25, -0.2) is 8.42 Å². The number of rotatable bonds is 9. The molecule has 2 unspecified atom stereocenters. The van der Waals surface area contributed by atoms with E-state index < -0.39 is 15.6 Å². The van der Waals surface area contributed by atoms with Crippen LogP contribution in [0.25, 0.3) is 0 Å². The van der Waals surface area contributed by atoms with Gasteiger partial charge in [0, 0.05) is 12.3 Å². The molecule has 2 atom stereocenters. The molecule has 0 aromatic rings. The van der Waals surface area contributed by atoms with Crippen molar-refractivity contribution in [3.05, 3.63) is 0 Å². The Hall–Kier alpha value is -0.340. The van der Waals surface area contributed by atoms with Gasteiger partial charge in [-0.05, 0) is 12.8 Å². The molecule has 0 amide bonds. The van der Waals surface area contributed by atoms with Crippen LogP contribution in [0.3, 0.4) is 0 Å². The Kier molecular flexibility index (Phi) is 11.9. The summed E-state index contributed by atoms with van der Waals surface area (Å²) in [5.41, 5.74) is -5.65. The molecule has 0 bridgehead atoms. The number of quaternary nitrogens is 1. The summed E-state index contributed by atoms with van der Waals surface area (Å²) in [5, 5.41) is 0. The summed E-state index contributed by atoms with van der Waals surface area (Å²) in [5.74, 6) is 0.990. The molecule has 8 heteroatoms. The quantitative estimate of drug-likeness (QED) is 0.383. The summed E-state index contributed by atoms with van der Waals surface area (Å²) >= 11 is 0. The van der Waals surface area contributed by atoms with E-state index in [-0.39, 0.29) is 0 Å². The van der Waals surface area contributed by atoms with Crippen LogP contribution in [0.15, 0.2) is 0 Å². The van der Waals surface area contributed by atoms with Crippen molar-refractivity contribution < 1.29 is 31.0 Å². The molecule has 1 aliphatic heterocycles. The molecular weight excluding hydrogens is 343 g/mol. The van der Waals surface area contributed by atoms with Crippen molar-refractivity contribution in [1.82, 2.24) is 0 Å². The molecule has 1 heterocycles. The van der Waals surface area contributed by atoms with Crippen molar-refractivity contribution in [3.63, 3.8) is 0 Å². The maximum absolute atomic E-state index is 10.7. The second-order valence-corrected chi connectivity index (χ2v) is 8.09. The van der Waals surface area contributed by atoms with Crippen LogP contribution in [0.2, 0.25) is 0 Å². The van der Waals surface area contributed by atoms with Crippen molar-refractivity contribution >= 4 is 10.1 Å². The first-order valence-corrected chi connectivity index (χ1v) is 10.3. The molecule has 0 aromatic carbocycles. The maximum Gasteiger partial charge on any atom is 0.485 e.